The zero-order chi connectivity index (χ0) is 28.5. The van der Waals surface area contributed by atoms with E-state index in [1.54, 1.807) is 0 Å². The summed E-state index contributed by atoms with van der Waals surface area (Å²) in [5.41, 5.74) is 0.488. The molecule has 2 aliphatic heterocycles. The fourth-order valence-corrected chi connectivity index (χ4v) is 6.80. The molecule has 2 amide bonds. The number of carbonyl (C=O) groups is 4. The maximum absolute atomic E-state index is 13.9. The van der Waals surface area contributed by atoms with Crippen molar-refractivity contribution in [2.75, 3.05) is 13.1 Å². The van der Waals surface area contributed by atoms with Crippen molar-refractivity contribution in [2.24, 2.45) is 0 Å². The van der Waals surface area contributed by atoms with E-state index in [0.29, 0.717) is 5.56 Å². The largest absolute Gasteiger partial charge is 0.481 e. The second-order valence-electron chi connectivity index (χ2n) is 9.24. The molecule has 39 heavy (non-hydrogen) atoms. The lowest BCUT2D eigenvalue weighted by atomic mass is 10.00. The summed E-state index contributed by atoms with van der Waals surface area (Å²) in [6.45, 7) is -0.546. The molecule has 2 N–H and O–H groups in total. The van der Waals surface area contributed by atoms with E-state index in [2.05, 4.69) is 0 Å². The lowest BCUT2D eigenvalue weighted by molar-refractivity contribution is -0.153. The van der Waals surface area contributed by atoms with E-state index >= 15 is 0 Å². The third kappa shape index (κ3) is 5.89. The Morgan fingerprint density at radius 1 is 0.923 bits per heavy atom. The van der Waals surface area contributed by atoms with Crippen LogP contribution in [0.2, 0.25) is 5.02 Å². The Labute approximate surface area is 228 Å². The molecule has 14 heteroatoms. The monoisotopic (exact) mass is 581 g/mol. The average Bonchev–Trinajstić information content (AvgIpc) is 3.16. The zero-order valence-electron chi connectivity index (χ0n) is 20.4. The lowest BCUT2D eigenvalue weighted by Gasteiger charge is -2.44. The number of piperazine rings is 1. The van der Waals surface area contributed by atoms with Crippen molar-refractivity contribution in [1.29, 1.82) is 0 Å². The fraction of sp³-hybridized carbons (Fsp3) is 0.360. The van der Waals surface area contributed by atoms with Crippen molar-refractivity contribution < 1.29 is 42.2 Å². The van der Waals surface area contributed by atoms with Crippen LogP contribution >= 0.6 is 11.6 Å². The van der Waals surface area contributed by atoms with Gasteiger partial charge >= 0.3 is 11.9 Å². The molecule has 2 aromatic rings. The molecule has 11 nitrogen and oxygen atoms in total. The molecular weight excluding hydrogens is 557 g/mol. The number of carboxylic acid groups (broad SMARTS) is 2. The normalized spacial score (nSPS) is 21.7. The Balaban J connectivity index is 1.80. The molecule has 2 saturated heterocycles. The third-order valence-electron chi connectivity index (χ3n) is 6.74. The van der Waals surface area contributed by atoms with Crippen molar-refractivity contribution in [3.05, 3.63) is 64.9 Å². The number of amides is 2. The maximum Gasteiger partial charge on any atom is 0.305 e. The second-order valence-corrected chi connectivity index (χ2v) is 11.5. The van der Waals surface area contributed by atoms with Crippen LogP contribution in [0.4, 0.5) is 4.39 Å². The smallest absolute Gasteiger partial charge is 0.305 e. The van der Waals surface area contributed by atoms with Gasteiger partial charge in [-0.15, -0.1) is 0 Å². The number of benzene rings is 2. The molecule has 0 saturated carbocycles. The molecule has 0 radical (unpaired) electrons. The number of hydrogen-bond acceptors (Lipinski definition) is 6. The predicted octanol–water partition coefficient (Wildman–Crippen LogP) is 1.80. The molecule has 2 heterocycles. The summed E-state index contributed by atoms with van der Waals surface area (Å²) in [4.78, 5) is 52.0. The average molecular weight is 582 g/mol. The van der Waals surface area contributed by atoms with Gasteiger partial charge in [-0.1, -0.05) is 23.7 Å². The molecule has 3 atom stereocenters. The molecule has 4 rings (SSSR count). The van der Waals surface area contributed by atoms with Gasteiger partial charge in [-0.3, -0.25) is 19.2 Å². The molecule has 2 aromatic carbocycles. The van der Waals surface area contributed by atoms with E-state index in [1.807, 2.05) is 0 Å². The number of hydrogen-bond donors (Lipinski definition) is 2. The van der Waals surface area contributed by atoms with Gasteiger partial charge in [-0.25, -0.2) is 12.8 Å². The molecule has 2 aliphatic rings. The van der Waals surface area contributed by atoms with Crippen molar-refractivity contribution in [1.82, 2.24) is 14.1 Å². The van der Waals surface area contributed by atoms with Crippen LogP contribution in [0.15, 0.2) is 53.4 Å². The van der Waals surface area contributed by atoms with Crippen molar-refractivity contribution in [3.63, 3.8) is 0 Å². The highest BCUT2D eigenvalue weighted by atomic mass is 35.5. The molecule has 0 unspecified atom stereocenters. The number of halogens is 2. The van der Waals surface area contributed by atoms with E-state index in [0.717, 1.165) is 9.21 Å². The molecule has 0 spiro atoms. The summed E-state index contributed by atoms with van der Waals surface area (Å²) in [5, 5.41) is 18.7. The predicted molar refractivity (Wildman–Crippen MR) is 134 cm³/mol. The first-order chi connectivity index (χ1) is 18.4. The van der Waals surface area contributed by atoms with Gasteiger partial charge in [0.15, 0.2) is 0 Å². The van der Waals surface area contributed by atoms with Crippen LogP contribution in [0.5, 0.6) is 0 Å². The summed E-state index contributed by atoms with van der Waals surface area (Å²) < 4.78 is 42.2. The number of rotatable bonds is 10. The molecule has 208 valence electrons. The first-order valence-corrected chi connectivity index (χ1v) is 13.8. The Morgan fingerprint density at radius 2 is 1.54 bits per heavy atom. The van der Waals surface area contributed by atoms with Crippen LogP contribution in [0.1, 0.15) is 24.8 Å². The van der Waals surface area contributed by atoms with Gasteiger partial charge in [0.05, 0.1) is 17.9 Å². The number of aliphatic carboxylic acids is 2. The highest BCUT2D eigenvalue weighted by molar-refractivity contribution is 7.89. The minimum absolute atomic E-state index is 0.0919. The van der Waals surface area contributed by atoms with Gasteiger partial charge in [0, 0.05) is 24.4 Å². The van der Waals surface area contributed by atoms with E-state index in [1.165, 1.54) is 53.4 Å². The van der Waals surface area contributed by atoms with E-state index in [-0.39, 0.29) is 35.8 Å². The first-order valence-electron chi connectivity index (χ1n) is 12.0. The lowest BCUT2D eigenvalue weighted by Crippen LogP contribution is -2.64. The summed E-state index contributed by atoms with van der Waals surface area (Å²) in [5.74, 6) is -4.25. The SMILES string of the molecule is O=C(O)CC[C@H]1C(=O)N2[C@@H](Cc3ccc(F)cc3)C(=O)N(CCC(=O)O)C[C@@H]2N1S(=O)(=O)c1ccc(Cl)cc1. The minimum Gasteiger partial charge on any atom is -0.481 e. The second kappa shape index (κ2) is 11.3. The van der Waals surface area contributed by atoms with Crippen LogP contribution in [-0.2, 0) is 35.6 Å². The molecule has 0 bridgehead atoms. The number of nitrogens with zero attached hydrogens (tertiary/aromatic N) is 3. The Bertz CT molecular complexity index is 1390. The summed E-state index contributed by atoms with van der Waals surface area (Å²) in [6, 6.07) is 7.80. The maximum atomic E-state index is 13.9. The Hall–Kier alpha value is -3.55. The summed E-state index contributed by atoms with van der Waals surface area (Å²) >= 11 is 5.92. The number of sulfonamides is 1. The van der Waals surface area contributed by atoms with Crippen LogP contribution < -0.4 is 0 Å². The first kappa shape index (κ1) is 28.5. The summed E-state index contributed by atoms with van der Waals surface area (Å²) in [7, 11) is -4.41. The number of fused-ring (bicyclic) bond motifs is 1. The van der Waals surface area contributed by atoms with Crippen molar-refractivity contribution >= 4 is 45.4 Å². The van der Waals surface area contributed by atoms with Crippen LogP contribution in [0.25, 0.3) is 0 Å². The van der Waals surface area contributed by atoms with Gasteiger partial charge in [0.2, 0.25) is 21.8 Å². The van der Waals surface area contributed by atoms with Gasteiger partial charge < -0.3 is 20.0 Å². The topological polar surface area (TPSA) is 153 Å². The molecule has 0 aromatic heterocycles. The number of carboxylic acids is 2. The van der Waals surface area contributed by atoms with Crippen molar-refractivity contribution in [2.45, 2.75) is 48.8 Å². The minimum atomic E-state index is -4.41. The Morgan fingerprint density at radius 3 is 2.13 bits per heavy atom. The molecule has 2 fully saturated rings. The van der Waals surface area contributed by atoms with Gasteiger partial charge in [-0.2, -0.15) is 4.31 Å². The Kier molecular flexibility index (Phi) is 8.23. The molecular formula is C25H25ClFN3O8S. The van der Waals surface area contributed by atoms with E-state index in [9.17, 15) is 42.2 Å². The highest BCUT2D eigenvalue weighted by Gasteiger charge is 2.58. The van der Waals surface area contributed by atoms with Crippen LogP contribution in [0.3, 0.4) is 0 Å². The van der Waals surface area contributed by atoms with Gasteiger partial charge in [0.25, 0.3) is 0 Å². The van der Waals surface area contributed by atoms with Crippen LogP contribution in [-0.4, -0.2) is 87.8 Å². The molecule has 0 aliphatic carbocycles. The zero-order valence-corrected chi connectivity index (χ0v) is 22.0. The van der Waals surface area contributed by atoms with Gasteiger partial charge in [0.1, 0.15) is 24.1 Å². The van der Waals surface area contributed by atoms with Crippen LogP contribution in [0, 0.1) is 5.82 Å². The van der Waals surface area contributed by atoms with E-state index < -0.39 is 70.7 Å². The van der Waals surface area contributed by atoms with Gasteiger partial charge in [-0.05, 0) is 48.4 Å². The number of carbonyl (C=O) groups excluding carboxylic acids is 2. The van der Waals surface area contributed by atoms with Crippen molar-refractivity contribution in [3.8, 4) is 0 Å². The summed E-state index contributed by atoms with van der Waals surface area (Å²) in [6.07, 6.45) is -2.59. The third-order valence-corrected chi connectivity index (χ3v) is 8.91. The van der Waals surface area contributed by atoms with E-state index in [4.69, 9.17) is 11.6 Å². The highest BCUT2D eigenvalue weighted by Crippen LogP contribution is 2.37. The quantitative estimate of drug-likeness (QED) is 0.431. The standard InChI is InChI=1S/C25H25ClFN3O8S/c26-16-3-7-18(8-4-16)39(37,38)30-19(9-10-22(31)32)25(36)29-20(13-15-1-5-17(27)6-2-15)24(35)28(14-21(29)30)12-11-23(33)34/h1-8,19-21H,9-14H2,(H,31,32)(H,33,34)/t19-,20-,21-/m0/s1. The fourth-order valence-electron chi connectivity index (χ4n) is 4.93.